The van der Waals surface area contributed by atoms with Crippen LogP contribution in [0.1, 0.15) is 39.2 Å². The monoisotopic (exact) mass is 633 g/mol. The number of aliphatic hydroxyl groups excluding tert-OH is 1. The maximum Gasteiger partial charge on any atom is 0.253 e. The molecule has 3 fully saturated rings. The van der Waals surface area contributed by atoms with Crippen molar-refractivity contribution in [1.82, 2.24) is 9.80 Å². The molecule has 1 N–H and O–H groups in total. The maximum atomic E-state index is 15.0. The van der Waals surface area contributed by atoms with E-state index >= 15 is 4.79 Å². The first-order valence-electron chi connectivity index (χ1n) is 15.8. The Morgan fingerprint density at radius 1 is 1.11 bits per heavy atom. The minimum absolute atomic E-state index is 0.118. The van der Waals surface area contributed by atoms with Gasteiger partial charge in [-0.3, -0.25) is 14.4 Å². The molecular weight excluding hydrogens is 590 g/mol. The fourth-order valence-electron chi connectivity index (χ4n) is 8.03. The van der Waals surface area contributed by atoms with E-state index in [0.29, 0.717) is 36.6 Å². The van der Waals surface area contributed by atoms with Crippen molar-refractivity contribution in [2.24, 2.45) is 17.8 Å². The van der Waals surface area contributed by atoms with Gasteiger partial charge in [0, 0.05) is 19.6 Å². The number of anilines is 1. The summed E-state index contributed by atoms with van der Waals surface area (Å²) in [5.41, 5.74) is -0.840. The zero-order valence-corrected chi connectivity index (χ0v) is 27.2. The van der Waals surface area contributed by atoms with Crippen molar-refractivity contribution in [2.75, 3.05) is 31.1 Å². The maximum absolute atomic E-state index is 15.0. The van der Waals surface area contributed by atoms with E-state index in [-0.39, 0.29) is 36.8 Å². The van der Waals surface area contributed by atoms with Crippen LogP contribution in [0.4, 0.5) is 5.69 Å². The summed E-state index contributed by atoms with van der Waals surface area (Å²) in [4.78, 5) is 49.1. The predicted molar refractivity (Wildman–Crippen MR) is 176 cm³/mol. The van der Waals surface area contributed by atoms with Gasteiger partial charge in [0.15, 0.2) is 0 Å². The number of hydrogen-bond acceptors (Lipinski definition) is 5. The summed E-state index contributed by atoms with van der Waals surface area (Å²) < 4.78 is 6.97. The van der Waals surface area contributed by atoms with Crippen LogP contribution in [0.15, 0.2) is 79.9 Å². The number of benzene rings is 2. The molecule has 2 bridgehead atoms. The molecule has 9 heteroatoms. The van der Waals surface area contributed by atoms with Crippen molar-refractivity contribution in [3.05, 3.63) is 90.5 Å². The first-order valence-corrected chi connectivity index (χ1v) is 16.2. The number of amides is 3. The number of nitrogens with zero attached hydrogens (tertiary/aromatic N) is 3. The Bertz CT molecular complexity index is 1450. The van der Waals surface area contributed by atoms with E-state index < -0.39 is 35.1 Å². The standard InChI is InChI=1S/C36H44ClN3O5/c1-6-18-38(19-7-2)32(42)29-30-33(43)40(26(23-41)21-25-14-10-9-11-15-25)31(36(30)22-24(4)35(29,5)45-36)34(44)39(20-8-3)28-17-13-12-16-27(28)37/h6,8-17,24,26,29-31,41H,1,3,7,18-23H2,2,4-5H3/t24?,26-,29-,30+,31?,35+,36?/m1/s1. The number of rotatable bonds is 13. The van der Waals surface area contributed by atoms with E-state index in [1.807, 2.05) is 51.1 Å². The lowest BCUT2D eigenvalue weighted by atomic mass is 9.62. The Kier molecular flexibility index (Phi) is 9.59. The summed E-state index contributed by atoms with van der Waals surface area (Å²) in [5, 5.41) is 11.2. The third-order valence-electron chi connectivity index (χ3n) is 10.0. The molecule has 45 heavy (non-hydrogen) atoms. The number of halogens is 1. The Hall–Kier alpha value is -3.46. The molecule has 0 aromatic heterocycles. The molecule has 3 saturated heterocycles. The van der Waals surface area contributed by atoms with Crippen molar-refractivity contribution in [2.45, 2.75) is 63.3 Å². The summed E-state index contributed by atoms with van der Waals surface area (Å²) in [7, 11) is 0. The lowest BCUT2D eigenvalue weighted by Gasteiger charge is -2.39. The minimum Gasteiger partial charge on any atom is -0.394 e. The van der Waals surface area contributed by atoms with Gasteiger partial charge in [0.1, 0.15) is 11.6 Å². The van der Waals surface area contributed by atoms with Crippen LogP contribution in [0.2, 0.25) is 5.02 Å². The summed E-state index contributed by atoms with van der Waals surface area (Å²) in [6, 6.07) is 14.8. The van der Waals surface area contributed by atoms with Crippen molar-refractivity contribution in [3.8, 4) is 0 Å². The smallest absolute Gasteiger partial charge is 0.253 e. The zero-order valence-electron chi connectivity index (χ0n) is 26.4. The highest BCUT2D eigenvalue weighted by molar-refractivity contribution is 6.34. The van der Waals surface area contributed by atoms with Gasteiger partial charge in [-0.05, 0) is 49.8 Å². The Morgan fingerprint density at radius 3 is 2.40 bits per heavy atom. The van der Waals surface area contributed by atoms with Crippen molar-refractivity contribution in [3.63, 3.8) is 0 Å². The number of carbonyl (C=O) groups excluding carboxylic acids is 3. The molecule has 2 aromatic rings. The van der Waals surface area contributed by atoms with E-state index in [2.05, 4.69) is 13.2 Å². The fraction of sp³-hybridized carbons (Fsp3) is 0.472. The lowest BCUT2D eigenvalue weighted by Crippen LogP contribution is -2.59. The van der Waals surface area contributed by atoms with Crippen LogP contribution < -0.4 is 4.90 Å². The van der Waals surface area contributed by atoms with Gasteiger partial charge in [-0.15, -0.1) is 13.2 Å². The fourth-order valence-corrected chi connectivity index (χ4v) is 8.27. The highest BCUT2D eigenvalue weighted by Crippen LogP contribution is 2.66. The average Bonchev–Trinajstić information content (AvgIpc) is 3.55. The molecule has 3 amide bonds. The van der Waals surface area contributed by atoms with Gasteiger partial charge in [-0.1, -0.05) is 80.1 Å². The van der Waals surface area contributed by atoms with Gasteiger partial charge in [0.05, 0.1) is 40.8 Å². The van der Waals surface area contributed by atoms with Crippen LogP contribution in [0.25, 0.3) is 0 Å². The third kappa shape index (κ3) is 5.41. The molecule has 3 unspecified atom stereocenters. The molecule has 3 aliphatic heterocycles. The SMILES string of the molecule is C=CCN(CCC)C(=O)[C@H]1[C@H]2C(=O)N([C@@H](CO)Cc3ccccc3)C(C(=O)N(CC=C)c3ccccc3Cl)C23CC(C)[C@]1(C)O3. The molecular formula is C36H44ClN3O5. The van der Waals surface area contributed by atoms with Gasteiger partial charge in [0.25, 0.3) is 5.91 Å². The number of carbonyl (C=O) groups is 3. The molecule has 5 rings (SSSR count). The topological polar surface area (TPSA) is 90.4 Å². The Labute approximate surface area is 271 Å². The molecule has 0 saturated carbocycles. The van der Waals surface area contributed by atoms with E-state index in [0.717, 1.165) is 12.0 Å². The number of fused-ring (bicyclic) bond motifs is 1. The normalized spacial score (nSPS) is 28.9. The molecule has 8 nitrogen and oxygen atoms in total. The van der Waals surface area contributed by atoms with E-state index in [1.54, 1.807) is 41.3 Å². The first-order chi connectivity index (χ1) is 21.6. The highest BCUT2D eigenvalue weighted by atomic mass is 35.5. The quantitative estimate of drug-likeness (QED) is 0.317. The van der Waals surface area contributed by atoms with Crippen molar-refractivity contribution >= 4 is 35.0 Å². The number of para-hydroxylation sites is 1. The van der Waals surface area contributed by atoms with Crippen molar-refractivity contribution in [1.29, 1.82) is 0 Å². The molecule has 1 spiro atoms. The molecule has 0 aliphatic carbocycles. The van der Waals surface area contributed by atoms with E-state index in [9.17, 15) is 14.7 Å². The Morgan fingerprint density at radius 2 is 1.78 bits per heavy atom. The predicted octanol–water partition coefficient (Wildman–Crippen LogP) is 4.90. The second kappa shape index (κ2) is 13.1. The van der Waals surface area contributed by atoms with E-state index in [4.69, 9.17) is 16.3 Å². The number of likely N-dealkylation sites (tertiary alicyclic amines) is 1. The highest BCUT2D eigenvalue weighted by Gasteiger charge is 2.80. The third-order valence-corrected chi connectivity index (χ3v) is 10.4. The number of ether oxygens (including phenoxy) is 1. The lowest BCUT2D eigenvalue weighted by molar-refractivity contribution is -0.153. The summed E-state index contributed by atoms with van der Waals surface area (Å²) in [5.74, 6) is -2.71. The molecule has 3 aliphatic rings. The van der Waals surface area contributed by atoms with E-state index in [1.165, 1.54) is 9.80 Å². The molecule has 240 valence electrons. The van der Waals surface area contributed by atoms with Gasteiger partial charge in [-0.2, -0.15) is 0 Å². The molecule has 7 atom stereocenters. The van der Waals surface area contributed by atoms with Crippen LogP contribution in [-0.4, -0.2) is 82.2 Å². The summed E-state index contributed by atoms with van der Waals surface area (Å²) in [6.45, 7) is 14.3. The van der Waals surface area contributed by atoms with Crippen LogP contribution in [0.5, 0.6) is 0 Å². The van der Waals surface area contributed by atoms with Gasteiger partial charge in [-0.25, -0.2) is 0 Å². The zero-order chi connectivity index (χ0) is 32.5. The van der Waals surface area contributed by atoms with Gasteiger partial charge < -0.3 is 24.5 Å². The van der Waals surface area contributed by atoms with Crippen LogP contribution in [-0.2, 0) is 25.5 Å². The largest absolute Gasteiger partial charge is 0.394 e. The van der Waals surface area contributed by atoms with Crippen LogP contribution in [0, 0.1) is 17.8 Å². The van der Waals surface area contributed by atoms with Crippen LogP contribution in [0.3, 0.4) is 0 Å². The average molecular weight is 634 g/mol. The van der Waals surface area contributed by atoms with Crippen molar-refractivity contribution < 1.29 is 24.2 Å². The number of aliphatic hydroxyl groups is 1. The molecule has 3 heterocycles. The summed E-state index contributed by atoms with van der Waals surface area (Å²) >= 11 is 6.62. The molecule has 2 aromatic carbocycles. The van der Waals surface area contributed by atoms with Gasteiger partial charge in [0.2, 0.25) is 11.8 Å². The summed E-state index contributed by atoms with van der Waals surface area (Å²) in [6.07, 6.45) is 4.80. The first kappa shape index (κ1) is 32.9. The number of hydrogen-bond donors (Lipinski definition) is 1. The van der Waals surface area contributed by atoms with Gasteiger partial charge >= 0.3 is 0 Å². The second-order valence-corrected chi connectivity index (χ2v) is 13.1. The minimum atomic E-state index is -1.28. The molecule has 0 radical (unpaired) electrons. The van der Waals surface area contributed by atoms with Crippen LogP contribution >= 0.6 is 11.6 Å². The Balaban J connectivity index is 1.67. The second-order valence-electron chi connectivity index (χ2n) is 12.7.